The van der Waals surface area contributed by atoms with Crippen molar-refractivity contribution in [1.29, 1.82) is 0 Å². The Bertz CT molecular complexity index is 304. The molecule has 1 rings (SSSR count). The third-order valence-corrected chi connectivity index (χ3v) is 1.54. The van der Waals surface area contributed by atoms with Crippen LogP contribution in [0.1, 0.15) is 23.1 Å². The van der Waals surface area contributed by atoms with Gasteiger partial charge in [-0.25, -0.2) is 0 Å². The number of esters is 1. The molecule has 0 radical (unpaired) electrons. The van der Waals surface area contributed by atoms with Crippen molar-refractivity contribution >= 4 is 12.3 Å². The van der Waals surface area contributed by atoms with E-state index in [1.54, 1.807) is 19.1 Å². The lowest BCUT2D eigenvalue weighted by molar-refractivity contribution is -0.142. The number of aldehydes is 1. The summed E-state index contributed by atoms with van der Waals surface area (Å²) in [7, 11) is 0. The summed E-state index contributed by atoms with van der Waals surface area (Å²) >= 11 is 0. The van der Waals surface area contributed by atoms with Crippen molar-refractivity contribution in [3.05, 3.63) is 23.5 Å². The Hall–Kier alpha value is -1.58. The van der Waals surface area contributed by atoms with Gasteiger partial charge in [-0.05, 0) is 19.1 Å². The van der Waals surface area contributed by atoms with E-state index >= 15 is 0 Å². The number of aromatic nitrogens is 1. The van der Waals surface area contributed by atoms with Crippen LogP contribution in [0.4, 0.5) is 0 Å². The van der Waals surface area contributed by atoms with Crippen LogP contribution in [0.2, 0.25) is 0 Å². The van der Waals surface area contributed by atoms with Crippen molar-refractivity contribution in [2.24, 2.45) is 0 Å². The molecular formula is C9H11NO3. The molecule has 4 heteroatoms. The minimum absolute atomic E-state index is 0.182. The van der Waals surface area contributed by atoms with E-state index in [-0.39, 0.29) is 12.4 Å². The van der Waals surface area contributed by atoms with Crippen LogP contribution in [0.25, 0.3) is 0 Å². The number of hydrogen-bond acceptors (Lipinski definition) is 3. The highest BCUT2D eigenvalue weighted by molar-refractivity contribution is 5.75. The van der Waals surface area contributed by atoms with Crippen molar-refractivity contribution in [2.45, 2.75) is 13.3 Å². The molecule has 0 saturated carbocycles. The van der Waals surface area contributed by atoms with Crippen molar-refractivity contribution < 1.29 is 14.3 Å². The van der Waals surface area contributed by atoms with E-state index < -0.39 is 0 Å². The lowest BCUT2D eigenvalue weighted by Crippen LogP contribution is -2.07. The van der Waals surface area contributed by atoms with Crippen molar-refractivity contribution in [3.8, 4) is 0 Å². The van der Waals surface area contributed by atoms with Crippen molar-refractivity contribution in [1.82, 2.24) is 4.98 Å². The fraction of sp³-hybridized carbons (Fsp3) is 0.333. The second kappa shape index (κ2) is 4.45. The molecule has 0 fully saturated rings. The Balaban J connectivity index is 2.53. The number of ether oxygens (including phenoxy) is 1. The van der Waals surface area contributed by atoms with Gasteiger partial charge in [-0.3, -0.25) is 9.59 Å². The quantitative estimate of drug-likeness (QED) is 0.555. The number of carbonyl (C=O) groups is 2. The Morgan fingerprint density at radius 2 is 2.38 bits per heavy atom. The van der Waals surface area contributed by atoms with Crippen LogP contribution in [0, 0.1) is 0 Å². The van der Waals surface area contributed by atoms with E-state index in [1.807, 2.05) is 0 Å². The zero-order chi connectivity index (χ0) is 9.68. The average Bonchev–Trinajstić information content (AvgIpc) is 2.52. The Morgan fingerprint density at radius 3 is 2.92 bits per heavy atom. The molecule has 0 amide bonds. The van der Waals surface area contributed by atoms with Crippen LogP contribution >= 0.6 is 0 Å². The third-order valence-electron chi connectivity index (χ3n) is 1.54. The molecule has 70 valence electrons. The van der Waals surface area contributed by atoms with Gasteiger partial charge in [0.2, 0.25) is 0 Å². The van der Waals surface area contributed by atoms with Crippen LogP contribution in [-0.4, -0.2) is 23.8 Å². The second-order valence-electron chi connectivity index (χ2n) is 2.54. The molecule has 1 aromatic heterocycles. The maximum absolute atomic E-state index is 11.0. The van der Waals surface area contributed by atoms with Gasteiger partial charge in [0.25, 0.3) is 0 Å². The Labute approximate surface area is 75.9 Å². The van der Waals surface area contributed by atoms with E-state index in [1.165, 1.54) is 0 Å². The van der Waals surface area contributed by atoms with Gasteiger partial charge in [-0.1, -0.05) is 0 Å². The molecule has 0 saturated heterocycles. The maximum atomic E-state index is 11.0. The van der Waals surface area contributed by atoms with Gasteiger partial charge < -0.3 is 9.72 Å². The lowest BCUT2D eigenvalue weighted by atomic mass is 10.3. The van der Waals surface area contributed by atoms with E-state index in [0.29, 0.717) is 24.3 Å². The summed E-state index contributed by atoms with van der Waals surface area (Å²) in [4.78, 5) is 24.0. The summed E-state index contributed by atoms with van der Waals surface area (Å²) in [6.45, 7) is 2.13. The van der Waals surface area contributed by atoms with Crippen LogP contribution in [0.3, 0.4) is 0 Å². The van der Waals surface area contributed by atoms with Gasteiger partial charge in [-0.15, -0.1) is 0 Å². The molecule has 0 aromatic carbocycles. The molecule has 0 unspecified atom stereocenters. The Kier molecular flexibility index (Phi) is 3.25. The molecule has 1 N–H and O–H groups in total. The van der Waals surface area contributed by atoms with E-state index in [2.05, 4.69) is 4.98 Å². The summed E-state index contributed by atoms with van der Waals surface area (Å²) in [6, 6.07) is 3.32. The summed E-state index contributed by atoms with van der Waals surface area (Å²) in [5, 5.41) is 0. The van der Waals surface area contributed by atoms with Gasteiger partial charge in [0.15, 0.2) is 6.29 Å². The van der Waals surface area contributed by atoms with Gasteiger partial charge >= 0.3 is 5.97 Å². The van der Waals surface area contributed by atoms with Gasteiger partial charge in [0, 0.05) is 5.69 Å². The first kappa shape index (κ1) is 9.51. The largest absolute Gasteiger partial charge is 0.466 e. The first-order valence-electron chi connectivity index (χ1n) is 4.05. The molecular weight excluding hydrogens is 170 g/mol. The maximum Gasteiger partial charge on any atom is 0.311 e. The zero-order valence-corrected chi connectivity index (χ0v) is 7.37. The normalized spacial score (nSPS) is 9.62. The SMILES string of the molecule is CCOC(=O)Cc1ccc(C=O)[nH]1. The van der Waals surface area contributed by atoms with Crippen LogP contribution < -0.4 is 0 Å². The fourth-order valence-electron chi connectivity index (χ4n) is 0.998. The summed E-state index contributed by atoms with van der Waals surface area (Å²) in [6.07, 6.45) is 0.885. The number of carbonyl (C=O) groups excluding carboxylic acids is 2. The minimum Gasteiger partial charge on any atom is -0.466 e. The average molecular weight is 181 g/mol. The monoisotopic (exact) mass is 181 g/mol. The minimum atomic E-state index is -0.290. The number of hydrogen-bond donors (Lipinski definition) is 1. The molecule has 0 aliphatic heterocycles. The summed E-state index contributed by atoms with van der Waals surface area (Å²) in [5.74, 6) is -0.290. The molecule has 1 aromatic rings. The molecule has 0 aliphatic carbocycles. The van der Waals surface area contributed by atoms with E-state index in [9.17, 15) is 9.59 Å². The molecule has 0 spiro atoms. The van der Waals surface area contributed by atoms with Crippen molar-refractivity contribution in [2.75, 3.05) is 6.61 Å². The molecule has 4 nitrogen and oxygen atoms in total. The molecule has 13 heavy (non-hydrogen) atoms. The number of aromatic amines is 1. The highest BCUT2D eigenvalue weighted by atomic mass is 16.5. The smallest absolute Gasteiger partial charge is 0.311 e. The van der Waals surface area contributed by atoms with Gasteiger partial charge in [-0.2, -0.15) is 0 Å². The van der Waals surface area contributed by atoms with Gasteiger partial charge in [0.1, 0.15) is 0 Å². The van der Waals surface area contributed by atoms with Crippen LogP contribution in [-0.2, 0) is 16.0 Å². The number of rotatable bonds is 4. The standard InChI is InChI=1S/C9H11NO3/c1-2-13-9(12)5-7-3-4-8(6-11)10-7/h3-4,6,10H,2,5H2,1H3. The second-order valence-corrected chi connectivity index (χ2v) is 2.54. The van der Waals surface area contributed by atoms with Crippen LogP contribution in [0.5, 0.6) is 0 Å². The van der Waals surface area contributed by atoms with Crippen LogP contribution in [0.15, 0.2) is 12.1 Å². The molecule has 0 aliphatic rings. The molecule has 1 heterocycles. The van der Waals surface area contributed by atoms with E-state index in [0.717, 1.165) is 0 Å². The predicted octanol–water partition coefficient (Wildman–Crippen LogP) is 0.933. The topological polar surface area (TPSA) is 59.2 Å². The highest BCUT2D eigenvalue weighted by Crippen LogP contribution is 2.01. The first-order chi connectivity index (χ1) is 6.26. The predicted molar refractivity (Wildman–Crippen MR) is 46.5 cm³/mol. The summed E-state index contributed by atoms with van der Waals surface area (Å²) in [5.41, 5.74) is 1.17. The zero-order valence-electron chi connectivity index (χ0n) is 7.37. The first-order valence-corrected chi connectivity index (χ1v) is 4.05. The highest BCUT2D eigenvalue weighted by Gasteiger charge is 2.05. The van der Waals surface area contributed by atoms with Gasteiger partial charge in [0.05, 0.1) is 18.7 Å². The van der Waals surface area contributed by atoms with E-state index in [4.69, 9.17) is 4.74 Å². The third kappa shape index (κ3) is 2.74. The lowest BCUT2D eigenvalue weighted by Gasteiger charge is -1.98. The Morgan fingerprint density at radius 1 is 1.62 bits per heavy atom. The fourth-order valence-corrected chi connectivity index (χ4v) is 0.998. The summed E-state index contributed by atoms with van der Waals surface area (Å²) < 4.78 is 4.74. The molecule has 0 atom stereocenters. The van der Waals surface area contributed by atoms with Crippen molar-refractivity contribution in [3.63, 3.8) is 0 Å². The number of nitrogens with one attached hydrogen (secondary N) is 1. The number of H-pyrrole nitrogens is 1. The molecule has 0 bridgehead atoms.